The van der Waals surface area contributed by atoms with Gasteiger partial charge in [0.2, 0.25) is 0 Å². The summed E-state index contributed by atoms with van der Waals surface area (Å²) in [4.78, 5) is 29.4. The van der Waals surface area contributed by atoms with Gasteiger partial charge in [-0.05, 0) is 25.5 Å². The summed E-state index contributed by atoms with van der Waals surface area (Å²) >= 11 is 1.57. The van der Waals surface area contributed by atoms with Gasteiger partial charge in [0.05, 0.1) is 5.92 Å². The quantitative estimate of drug-likeness (QED) is 0.945. The van der Waals surface area contributed by atoms with Crippen molar-refractivity contribution in [3.63, 3.8) is 0 Å². The number of nitrogens with zero attached hydrogens (tertiary/aromatic N) is 2. The molecule has 1 saturated heterocycles. The first kappa shape index (κ1) is 14.7. The Morgan fingerprint density at radius 3 is 2.59 bits per heavy atom. The van der Waals surface area contributed by atoms with Gasteiger partial charge in [0.1, 0.15) is 5.01 Å². The molecule has 5 nitrogen and oxygen atoms in total. The molecule has 0 aliphatic carbocycles. The minimum Gasteiger partial charge on any atom is -0.481 e. The summed E-state index contributed by atoms with van der Waals surface area (Å²) in [6.07, 6.45) is 0.525. The lowest BCUT2D eigenvalue weighted by atomic mass is 10.1. The summed E-state index contributed by atoms with van der Waals surface area (Å²) in [7, 11) is 0. The summed E-state index contributed by atoms with van der Waals surface area (Å²) in [6.45, 7) is 2.74. The Balaban J connectivity index is 1.73. The van der Waals surface area contributed by atoms with E-state index in [0.29, 0.717) is 25.1 Å². The number of likely N-dealkylation sites (tertiary alicyclic amines) is 1. The van der Waals surface area contributed by atoms with Crippen LogP contribution in [0.15, 0.2) is 29.6 Å². The number of carbonyl (C=O) groups excluding carboxylic acids is 1. The molecule has 0 radical (unpaired) electrons. The molecule has 1 N–H and O–H groups in total. The molecular weight excluding hydrogens is 300 g/mol. The molecule has 1 atom stereocenters. The van der Waals surface area contributed by atoms with E-state index in [1.54, 1.807) is 28.4 Å². The predicted molar refractivity (Wildman–Crippen MR) is 83.9 cm³/mol. The second kappa shape index (κ2) is 5.88. The van der Waals surface area contributed by atoms with Gasteiger partial charge in [0, 0.05) is 35.3 Å². The lowest BCUT2D eigenvalue weighted by molar-refractivity contribution is -0.141. The van der Waals surface area contributed by atoms with Crippen LogP contribution in [0.2, 0.25) is 0 Å². The standard InChI is InChI=1S/C16H16N2O3S/c1-10-9-22-14(17-10)11-2-4-12(5-3-11)15(19)18-7-6-13(8-18)16(20)21/h2-5,9,13H,6-8H2,1H3,(H,20,21)/t13-/m0/s1. The normalized spacial score (nSPS) is 17.7. The van der Waals surface area contributed by atoms with E-state index in [-0.39, 0.29) is 5.91 Å². The monoisotopic (exact) mass is 316 g/mol. The van der Waals surface area contributed by atoms with Crippen LogP contribution in [0, 0.1) is 12.8 Å². The van der Waals surface area contributed by atoms with Crippen LogP contribution in [-0.4, -0.2) is 40.0 Å². The topological polar surface area (TPSA) is 70.5 Å². The molecule has 0 saturated carbocycles. The number of carboxylic acid groups (broad SMARTS) is 1. The Kier molecular flexibility index (Phi) is 3.94. The fourth-order valence-electron chi connectivity index (χ4n) is 2.57. The lowest BCUT2D eigenvalue weighted by Crippen LogP contribution is -2.29. The Hall–Kier alpha value is -2.21. The lowest BCUT2D eigenvalue weighted by Gasteiger charge is -2.15. The van der Waals surface area contributed by atoms with Crippen LogP contribution < -0.4 is 0 Å². The molecule has 1 fully saturated rings. The van der Waals surface area contributed by atoms with Gasteiger partial charge in [-0.1, -0.05) is 12.1 Å². The number of hydrogen-bond donors (Lipinski definition) is 1. The van der Waals surface area contributed by atoms with E-state index < -0.39 is 11.9 Å². The molecule has 2 aromatic rings. The number of benzene rings is 1. The van der Waals surface area contributed by atoms with Gasteiger partial charge in [-0.15, -0.1) is 11.3 Å². The summed E-state index contributed by atoms with van der Waals surface area (Å²) < 4.78 is 0. The van der Waals surface area contributed by atoms with Crippen molar-refractivity contribution in [3.05, 3.63) is 40.9 Å². The highest BCUT2D eigenvalue weighted by atomic mass is 32.1. The molecule has 1 aromatic heterocycles. The van der Waals surface area contributed by atoms with Gasteiger partial charge in [-0.3, -0.25) is 9.59 Å². The number of aryl methyl sites for hydroxylation is 1. The van der Waals surface area contributed by atoms with Crippen molar-refractivity contribution in [2.45, 2.75) is 13.3 Å². The molecule has 2 heterocycles. The smallest absolute Gasteiger partial charge is 0.308 e. The zero-order valence-electron chi connectivity index (χ0n) is 12.2. The van der Waals surface area contributed by atoms with Crippen molar-refractivity contribution >= 4 is 23.2 Å². The molecule has 1 aliphatic heterocycles. The van der Waals surface area contributed by atoms with Gasteiger partial charge in [-0.25, -0.2) is 4.98 Å². The number of thiazole rings is 1. The Morgan fingerprint density at radius 2 is 2.05 bits per heavy atom. The molecule has 1 aliphatic rings. The Bertz CT molecular complexity index is 708. The van der Waals surface area contributed by atoms with Crippen LogP contribution in [0.3, 0.4) is 0 Å². The molecular formula is C16H16N2O3S. The second-order valence-corrected chi connectivity index (χ2v) is 6.30. The number of hydrogen-bond acceptors (Lipinski definition) is 4. The number of aliphatic carboxylic acids is 1. The third-order valence-electron chi connectivity index (χ3n) is 3.82. The van der Waals surface area contributed by atoms with Crippen LogP contribution in [0.4, 0.5) is 0 Å². The largest absolute Gasteiger partial charge is 0.481 e. The van der Waals surface area contributed by atoms with Crippen molar-refractivity contribution in [2.75, 3.05) is 13.1 Å². The van der Waals surface area contributed by atoms with Crippen molar-refractivity contribution in [2.24, 2.45) is 5.92 Å². The summed E-state index contributed by atoms with van der Waals surface area (Å²) in [5.74, 6) is -1.38. The van der Waals surface area contributed by atoms with Gasteiger partial charge in [-0.2, -0.15) is 0 Å². The fourth-order valence-corrected chi connectivity index (χ4v) is 3.37. The minimum absolute atomic E-state index is 0.106. The summed E-state index contributed by atoms with van der Waals surface area (Å²) in [6, 6.07) is 7.33. The van der Waals surface area contributed by atoms with Gasteiger partial charge < -0.3 is 10.0 Å². The van der Waals surface area contributed by atoms with Gasteiger partial charge in [0.15, 0.2) is 0 Å². The summed E-state index contributed by atoms with van der Waals surface area (Å²) in [5.41, 5.74) is 2.56. The molecule has 22 heavy (non-hydrogen) atoms. The van der Waals surface area contributed by atoms with Crippen LogP contribution >= 0.6 is 11.3 Å². The van der Waals surface area contributed by atoms with Crippen molar-refractivity contribution < 1.29 is 14.7 Å². The minimum atomic E-state index is -0.829. The van der Waals surface area contributed by atoms with Gasteiger partial charge in [0.25, 0.3) is 5.91 Å². The molecule has 0 unspecified atom stereocenters. The highest BCUT2D eigenvalue weighted by Gasteiger charge is 2.31. The molecule has 0 spiro atoms. The highest BCUT2D eigenvalue weighted by Crippen LogP contribution is 2.25. The molecule has 1 aromatic carbocycles. The SMILES string of the molecule is Cc1csc(-c2ccc(C(=O)N3CC[C@H](C(=O)O)C3)cc2)n1. The van der Waals surface area contributed by atoms with Crippen LogP contribution in [0.25, 0.3) is 10.6 Å². The zero-order chi connectivity index (χ0) is 15.7. The number of rotatable bonds is 3. The van der Waals surface area contributed by atoms with E-state index in [1.807, 2.05) is 24.4 Å². The maximum Gasteiger partial charge on any atom is 0.308 e. The average molecular weight is 316 g/mol. The number of aromatic nitrogens is 1. The molecule has 3 rings (SSSR count). The van der Waals surface area contributed by atoms with E-state index in [2.05, 4.69) is 4.98 Å². The Labute approximate surface area is 132 Å². The second-order valence-electron chi connectivity index (χ2n) is 5.45. The number of carboxylic acids is 1. The Morgan fingerprint density at radius 1 is 1.32 bits per heavy atom. The third-order valence-corrected chi connectivity index (χ3v) is 4.83. The maximum atomic E-state index is 12.4. The first-order chi connectivity index (χ1) is 10.5. The molecule has 1 amide bonds. The van der Waals surface area contributed by atoms with Crippen molar-refractivity contribution in [3.8, 4) is 10.6 Å². The van der Waals surface area contributed by atoms with E-state index in [0.717, 1.165) is 16.3 Å². The summed E-state index contributed by atoms with van der Waals surface area (Å²) in [5, 5.41) is 11.9. The molecule has 6 heteroatoms. The van der Waals surface area contributed by atoms with E-state index in [4.69, 9.17) is 5.11 Å². The number of amides is 1. The van der Waals surface area contributed by atoms with Gasteiger partial charge >= 0.3 is 5.97 Å². The highest BCUT2D eigenvalue weighted by molar-refractivity contribution is 7.13. The van der Waals surface area contributed by atoms with E-state index in [9.17, 15) is 9.59 Å². The van der Waals surface area contributed by atoms with Crippen LogP contribution in [-0.2, 0) is 4.79 Å². The third kappa shape index (κ3) is 2.87. The van der Waals surface area contributed by atoms with Crippen LogP contribution in [0.1, 0.15) is 22.5 Å². The fraction of sp³-hybridized carbons (Fsp3) is 0.312. The first-order valence-electron chi connectivity index (χ1n) is 7.09. The predicted octanol–water partition coefficient (Wildman–Crippen LogP) is 2.67. The van der Waals surface area contributed by atoms with Crippen molar-refractivity contribution in [1.29, 1.82) is 0 Å². The number of carbonyl (C=O) groups is 2. The van der Waals surface area contributed by atoms with Crippen LogP contribution in [0.5, 0.6) is 0 Å². The average Bonchev–Trinajstić information content (AvgIpc) is 3.16. The maximum absolute atomic E-state index is 12.4. The van der Waals surface area contributed by atoms with E-state index >= 15 is 0 Å². The zero-order valence-corrected chi connectivity index (χ0v) is 13.0. The first-order valence-corrected chi connectivity index (χ1v) is 7.97. The van der Waals surface area contributed by atoms with Crippen molar-refractivity contribution in [1.82, 2.24) is 9.88 Å². The molecule has 0 bridgehead atoms. The van der Waals surface area contributed by atoms with E-state index in [1.165, 1.54) is 0 Å². The molecule has 114 valence electrons.